The van der Waals surface area contributed by atoms with Gasteiger partial charge < -0.3 is 4.52 Å². The van der Waals surface area contributed by atoms with Crippen molar-refractivity contribution < 1.29 is 12.9 Å². The molecule has 1 aliphatic rings. The van der Waals surface area contributed by atoms with Crippen molar-refractivity contribution in [3.63, 3.8) is 0 Å². The lowest BCUT2D eigenvalue weighted by molar-refractivity contribution is 0.204. The first-order chi connectivity index (χ1) is 11.0. The van der Waals surface area contributed by atoms with Crippen molar-refractivity contribution in [2.24, 2.45) is 0 Å². The van der Waals surface area contributed by atoms with E-state index in [0.29, 0.717) is 30.2 Å². The van der Waals surface area contributed by atoms with Crippen LogP contribution in [0.2, 0.25) is 0 Å². The summed E-state index contributed by atoms with van der Waals surface area (Å²) in [5, 5.41) is 12.7. The Kier molecular flexibility index (Phi) is 4.15. The highest BCUT2D eigenvalue weighted by molar-refractivity contribution is 7.89. The Morgan fingerprint density at radius 1 is 1.39 bits per heavy atom. The molecule has 0 N–H and O–H groups in total. The van der Waals surface area contributed by atoms with E-state index in [1.165, 1.54) is 16.4 Å². The fourth-order valence-corrected chi connectivity index (χ4v) is 4.45. The maximum Gasteiger partial charge on any atom is 0.245 e. The molecule has 1 aromatic heterocycles. The Morgan fingerprint density at radius 3 is 2.91 bits per heavy atom. The van der Waals surface area contributed by atoms with Crippen molar-refractivity contribution in [2.45, 2.75) is 37.1 Å². The van der Waals surface area contributed by atoms with E-state index in [1.54, 1.807) is 19.1 Å². The average molecular weight is 332 g/mol. The molecule has 0 bridgehead atoms. The number of nitrogens with zero attached hydrogens (tertiary/aromatic N) is 4. The quantitative estimate of drug-likeness (QED) is 0.854. The highest BCUT2D eigenvalue weighted by Gasteiger charge is 2.37. The van der Waals surface area contributed by atoms with Crippen LogP contribution < -0.4 is 0 Å². The van der Waals surface area contributed by atoms with E-state index in [9.17, 15) is 8.42 Å². The molecule has 1 atom stereocenters. The molecule has 0 saturated carbocycles. The summed E-state index contributed by atoms with van der Waals surface area (Å²) in [5.41, 5.74) is 0.313. The fourth-order valence-electron chi connectivity index (χ4n) is 2.75. The van der Waals surface area contributed by atoms with Gasteiger partial charge in [-0.1, -0.05) is 17.6 Å². The third-order valence-corrected chi connectivity index (χ3v) is 5.76. The van der Waals surface area contributed by atoms with Crippen LogP contribution in [0.25, 0.3) is 0 Å². The third-order valence-electron chi connectivity index (χ3n) is 3.85. The average Bonchev–Trinajstić information content (AvgIpc) is 3.01. The van der Waals surface area contributed by atoms with Gasteiger partial charge in [0.15, 0.2) is 5.82 Å². The number of aromatic nitrogens is 2. The van der Waals surface area contributed by atoms with Gasteiger partial charge in [-0.3, -0.25) is 0 Å². The highest BCUT2D eigenvalue weighted by atomic mass is 32.2. The number of aryl methyl sites for hydroxylation is 1. The van der Waals surface area contributed by atoms with E-state index in [0.717, 1.165) is 12.8 Å². The third kappa shape index (κ3) is 2.98. The lowest BCUT2D eigenvalue weighted by Crippen LogP contribution is -2.38. The molecular weight excluding hydrogens is 316 g/mol. The van der Waals surface area contributed by atoms with Gasteiger partial charge in [-0.2, -0.15) is 14.6 Å². The van der Waals surface area contributed by atoms with Crippen LogP contribution in [0.5, 0.6) is 0 Å². The SMILES string of the molecule is Cc1noc([C@H]2CCCCN2S(=O)(=O)c2cccc(C#N)c2)n1. The number of piperidine rings is 1. The summed E-state index contributed by atoms with van der Waals surface area (Å²) in [6, 6.07) is 7.55. The lowest BCUT2D eigenvalue weighted by atomic mass is 10.1. The van der Waals surface area contributed by atoms with E-state index in [-0.39, 0.29) is 4.90 Å². The number of rotatable bonds is 3. The van der Waals surface area contributed by atoms with Crippen LogP contribution in [0.3, 0.4) is 0 Å². The normalized spacial score (nSPS) is 19.4. The topological polar surface area (TPSA) is 100 Å². The molecule has 0 radical (unpaired) electrons. The summed E-state index contributed by atoms with van der Waals surface area (Å²) in [6.07, 6.45) is 2.32. The van der Waals surface area contributed by atoms with Crippen LogP contribution in [-0.4, -0.2) is 29.4 Å². The van der Waals surface area contributed by atoms with E-state index in [1.807, 2.05) is 6.07 Å². The standard InChI is InChI=1S/C15H16N4O3S/c1-11-17-15(22-18-11)14-7-2-3-8-19(14)23(20,21)13-6-4-5-12(9-13)10-16/h4-6,9,14H,2-3,7-8H2,1H3/t14-/m1/s1. The first-order valence-corrected chi connectivity index (χ1v) is 8.78. The highest BCUT2D eigenvalue weighted by Crippen LogP contribution is 2.34. The molecule has 0 aliphatic carbocycles. The second-order valence-corrected chi connectivity index (χ2v) is 7.34. The van der Waals surface area contributed by atoms with Gasteiger partial charge in [-0.05, 0) is 38.0 Å². The van der Waals surface area contributed by atoms with Crippen molar-refractivity contribution in [1.29, 1.82) is 5.26 Å². The largest absolute Gasteiger partial charge is 0.338 e. The van der Waals surface area contributed by atoms with Gasteiger partial charge in [0.2, 0.25) is 15.9 Å². The summed E-state index contributed by atoms with van der Waals surface area (Å²) >= 11 is 0. The van der Waals surface area contributed by atoms with Gasteiger partial charge in [0, 0.05) is 6.54 Å². The Balaban J connectivity index is 2.00. The van der Waals surface area contributed by atoms with Gasteiger partial charge in [0.25, 0.3) is 0 Å². The Labute approximate surface area is 134 Å². The van der Waals surface area contributed by atoms with Gasteiger partial charge in [0.1, 0.15) is 6.04 Å². The van der Waals surface area contributed by atoms with Crippen molar-refractivity contribution in [2.75, 3.05) is 6.54 Å². The first kappa shape index (κ1) is 15.6. The summed E-state index contributed by atoms with van der Waals surface area (Å²) in [4.78, 5) is 4.30. The molecule has 0 spiro atoms. The number of sulfonamides is 1. The van der Waals surface area contributed by atoms with Crippen molar-refractivity contribution in [3.05, 3.63) is 41.5 Å². The summed E-state index contributed by atoms with van der Waals surface area (Å²) in [6.45, 7) is 2.09. The van der Waals surface area contributed by atoms with Crippen LogP contribution in [-0.2, 0) is 10.0 Å². The van der Waals surface area contributed by atoms with Crippen LogP contribution in [0, 0.1) is 18.3 Å². The van der Waals surface area contributed by atoms with Crippen LogP contribution >= 0.6 is 0 Å². The van der Waals surface area contributed by atoms with E-state index < -0.39 is 16.1 Å². The minimum absolute atomic E-state index is 0.111. The minimum Gasteiger partial charge on any atom is -0.338 e. The second-order valence-electron chi connectivity index (χ2n) is 5.45. The molecule has 7 nitrogen and oxygen atoms in total. The number of hydrogen-bond acceptors (Lipinski definition) is 6. The summed E-state index contributed by atoms with van der Waals surface area (Å²) in [7, 11) is -3.73. The molecule has 8 heteroatoms. The number of nitriles is 1. The Morgan fingerprint density at radius 2 is 2.22 bits per heavy atom. The Hall–Kier alpha value is -2.24. The van der Waals surface area contributed by atoms with Gasteiger partial charge >= 0.3 is 0 Å². The minimum atomic E-state index is -3.73. The van der Waals surface area contributed by atoms with Crippen molar-refractivity contribution in [1.82, 2.24) is 14.4 Å². The molecule has 120 valence electrons. The molecule has 1 aromatic carbocycles. The molecule has 2 aromatic rings. The fraction of sp³-hybridized carbons (Fsp3) is 0.400. The number of benzene rings is 1. The molecule has 23 heavy (non-hydrogen) atoms. The summed E-state index contributed by atoms with van der Waals surface area (Å²) in [5.74, 6) is 0.802. The molecular formula is C15H16N4O3S. The van der Waals surface area contributed by atoms with Crippen LogP contribution in [0.15, 0.2) is 33.7 Å². The zero-order chi connectivity index (χ0) is 16.4. The lowest BCUT2D eigenvalue weighted by Gasteiger charge is -2.32. The molecule has 2 heterocycles. The van der Waals surface area contributed by atoms with E-state index >= 15 is 0 Å². The van der Waals surface area contributed by atoms with E-state index in [2.05, 4.69) is 10.1 Å². The maximum atomic E-state index is 13.0. The molecule has 1 saturated heterocycles. The maximum absolute atomic E-state index is 13.0. The first-order valence-electron chi connectivity index (χ1n) is 7.34. The summed E-state index contributed by atoms with van der Waals surface area (Å²) < 4.78 is 32.5. The predicted octanol–water partition coefficient (Wildman–Crippen LogP) is 2.17. The molecule has 1 aliphatic heterocycles. The van der Waals surface area contributed by atoms with Gasteiger partial charge in [0.05, 0.1) is 16.5 Å². The molecule has 1 fully saturated rings. The zero-order valence-electron chi connectivity index (χ0n) is 12.6. The second kappa shape index (κ2) is 6.10. The van der Waals surface area contributed by atoms with E-state index in [4.69, 9.17) is 9.78 Å². The molecule has 0 unspecified atom stereocenters. The van der Waals surface area contributed by atoms with Crippen molar-refractivity contribution in [3.8, 4) is 6.07 Å². The monoisotopic (exact) mass is 332 g/mol. The number of hydrogen-bond donors (Lipinski definition) is 0. The molecule has 0 amide bonds. The molecule has 3 rings (SSSR count). The smallest absolute Gasteiger partial charge is 0.245 e. The van der Waals surface area contributed by atoms with Gasteiger partial charge in [-0.25, -0.2) is 8.42 Å². The van der Waals surface area contributed by atoms with Crippen molar-refractivity contribution >= 4 is 10.0 Å². The predicted molar refractivity (Wildman–Crippen MR) is 80.7 cm³/mol. The van der Waals surface area contributed by atoms with Gasteiger partial charge in [-0.15, -0.1) is 0 Å². The zero-order valence-corrected chi connectivity index (χ0v) is 13.5. The van der Waals surface area contributed by atoms with Crippen LogP contribution in [0.4, 0.5) is 0 Å². The Bertz CT molecular complexity index is 854. The van der Waals surface area contributed by atoms with Crippen LogP contribution in [0.1, 0.15) is 42.6 Å².